The summed E-state index contributed by atoms with van der Waals surface area (Å²) in [5, 5.41) is 19.3. The zero-order chi connectivity index (χ0) is 21.2. The van der Waals surface area contributed by atoms with Crippen molar-refractivity contribution in [1.82, 2.24) is 5.43 Å². The summed E-state index contributed by atoms with van der Waals surface area (Å²) in [6.07, 6.45) is 1.28. The van der Waals surface area contributed by atoms with Crippen LogP contribution in [0.4, 0.5) is 11.4 Å². The van der Waals surface area contributed by atoms with E-state index in [4.69, 9.17) is 20.3 Å². The summed E-state index contributed by atoms with van der Waals surface area (Å²) in [7, 11) is 0. The number of carbonyl (C=O) groups excluding carboxylic acids is 1. The molecule has 2 rings (SSSR count). The Morgan fingerprint density at radius 1 is 1.21 bits per heavy atom. The van der Waals surface area contributed by atoms with Crippen molar-refractivity contribution in [3.8, 4) is 0 Å². The van der Waals surface area contributed by atoms with Crippen LogP contribution in [0.2, 0.25) is 0 Å². The zero-order valence-corrected chi connectivity index (χ0v) is 16.5. The van der Waals surface area contributed by atoms with Gasteiger partial charge in [0.2, 0.25) is 0 Å². The average Bonchev–Trinajstić information content (AvgIpc) is 2.67. The molecule has 0 saturated heterocycles. The normalized spacial score (nSPS) is 12.4. The molecule has 12 heteroatoms. The number of nitrogens with zero attached hydrogens (tertiary/aromatic N) is 1. The predicted octanol–water partition coefficient (Wildman–Crippen LogP) is 0.211. The van der Waals surface area contributed by atoms with E-state index in [9.17, 15) is 13.3 Å². The number of amides is 1. The first kappa shape index (κ1) is 23.1. The van der Waals surface area contributed by atoms with Crippen LogP contribution in [0, 0.1) is 0 Å². The van der Waals surface area contributed by atoms with Gasteiger partial charge in [-0.2, -0.15) is 0 Å². The molecule has 0 fully saturated rings. The van der Waals surface area contributed by atoms with E-state index in [0.717, 1.165) is 0 Å². The minimum Gasteiger partial charge on any atom is -0.478 e. The summed E-state index contributed by atoms with van der Waals surface area (Å²) in [6, 6.07) is 11.8. The molecule has 0 aliphatic heterocycles. The topological polar surface area (TPSA) is 184 Å². The van der Waals surface area contributed by atoms with Gasteiger partial charge in [-0.25, -0.2) is 15.6 Å². The van der Waals surface area contributed by atoms with Gasteiger partial charge < -0.3 is 10.5 Å². The van der Waals surface area contributed by atoms with Gasteiger partial charge in [0, 0.05) is 0 Å². The molecule has 1 atom stereocenters. The fourth-order valence-corrected chi connectivity index (χ4v) is 3.12. The Morgan fingerprint density at radius 3 is 2.36 bits per heavy atom. The molecule has 11 nitrogen and oxygen atoms in total. The van der Waals surface area contributed by atoms with Crippen molar-refractivity contribution in [3.63, 3.8) is 0 Å². The fraction of sp³-hybridized carbons (Fsp3) is 0.0625. The van der Waals surface area contributed by atoms with Crippen LogP contribution < -0.4 is 20.9 Å². The van der Waals surface area contributed by atoms with Crippen LogP contribution >= 0.6 is 0 Å². The first-order valence-electron chi connectivity index (χ1n) is 7.56. The molecule has 0 aliphatic rings. The van der Waals surface area contributed by atoms with Crippen LogP contribution in [-0.4, -0.2) is 46.8 Å². The maximum absolute atomic E-state index is 11.2. The van der Waals surface area contributed by atoms with Crippen LogP contribution in [0.3, 0.4) is 0 Å². The summed E-state index contributed by atoms with van der Waals surface area (Å²) < 4.78 is 23.8. The van der Waals surface area contributed by atoms with Gasteiger partial charge in [-0.15, -0.1) is 0 Å². The summed E-state index contributed by atoms with van der Waals surface area (Å²) in [6.45, 7) is 1.35. The van der Waals surface area contributed by atoms with E-state index in [1.165, 1.54) is 49.7 Å². The quantitative estimate of drug-likeness (QED) is 0.0887. The molecule has 7 N–H and O–H groups in total. The van der Waals surface area contributed by atoms with Crippen LogP contribution in [0.25, 0.3) is 0 Å². The number of carbonyl (C=O) groups is 2. The molecular weight excluding hydrogens is 435 g/mol. The smallest absolute Gasteiger partial charge is 0.335 e. The molecule has 0 radical (unpaired) electrons. The predicted molar refractivity (Wildman–Crippen MR) is 102 cm³/mol. The van der Waals surface area contributed by atoms with Crippen molar-refractivity contribution in [2.24, 2.45) is 10.8 Å². The SMILES string of the molecule is CC(=O)Nc1ccc([As](=O)(O)OO)cc1.NNC=Nc1cccc(C(=O)O)c1. The molecule has 0 aromatic heterocycles. The summed E-state index contributed by atoms with van der Waals surface area (Å²) >= 11 is -4.76. The van der Waals surface area contributed by atoms with E-state index in [0.29, 0.717) is 11.4 Å². The van der Waals surface area contributed by atoms with E-state index in [2.05, 4.69) is 19.6 Å². The Labute approximate surface area is 162 Å². The molecule has 0 saturated carbocycles. The number of anilines is 1. The molecular formula is C16H19AsN4O7. The second kappa shape index (κ2) is 11.0. The fourth-order valence-electron chi connectivity index (χ4n) is 1.81. The first-order valence-corrected chi connectivity index (χ1v) is 10.9. The summed E-state index contributed by atoms with van der Waals surface area (Å²) in [5.74, 6) is 3.75. The van der Waals surface area contributed by atoms with Crippen molar-refractivity contribution in [2.75, 3.05) is 5.32 Å². The minimum atomic E-state index is -4.76. The molecule has 2 aromatic carbocycles. The van der Waals surface area contributed by atoms with Gasteiger partial charge in [0.25, 0.3) is 0 Å². The Balaban J connectivity index is 0.000000283. The van der Waals surface area contributed by atoms with E-state index in [-0.39, 0.29) is 15.8 Å². The number of hydrazine groups is 1. The molecule has 0 bridgehead atoms. The number of nitrogens with one attached hydrogen (secondary N) is 2. The first-order chi connectivity index (χ1) is 13.2. The van der Waals surface area contributed by atoms with Gasteiger partial charge in [0.1, 0.15) is 6.34 Å². The van der Waals surface area contributed by atoms with Crippen molar-refractivity contribution in [2.45, 2.75) is 6.92 Å². The number of nitrogens with two attached hydrogens (primary N) is 1. The third kappa shape index (κ3) is 7.74. The molecule has 28 heavy (non-hydrogen) atoms. The second-order valence-corrected chi connectivity index (χ2v) is 8.72. The van der Waals surface area contributed by atoms with Crippen LogP contribution in [-0.2, 0) is 12.4 Å². The van der Waals surface area contributed by atoms with Gasteiger partial charge in [0.15, 0.2) is 0 Å². The number of rotatable bonds is 6. The van der Waals surface area contributed by atoms with Gasteiger partial charge >= 0.3 is 94.4 Å². The average molecular weight is 454 g/mol. The van der Waals surface area contributed by atoms with Gasteiger partial charge in [0.05, 0.1) is 11.3 Å². The molecule has 0 heterocycles. The molecule has 0 aliphatic carbocycles. The van der Waals surface area contributed by atoms with Crippen molar-refractivity contribution in [1.29, 1.82) is 0 Å². The Morgan fingerprint density at radius 2 is 1.86 bits per heavy atom. The number of aliphatic imine (C=N–C) groups is 1. The number of hydrogen-bond donors (Lipinski definition) is 6. The third-order valence-electron chi connectivity index (χ3n) is 3.01. The maximum Gasteiger partial charge on any atom is 0.335 e. The van der Waals surface area contributed by atoms with E-state index >= 15 is 0 Å². The Kier molecular flexibility index (Phi) is 9.09. The molecule has 2 aromatic rings. The van der Waals surface area contributed by atoms with E-state index < -0.39 is 20.1 Å². The van der Waals surface area contributed by atoms with Gasteiger partial charge in [-0.3, -0.25) is 0 Å². The number of carboxylic acid groups (broad SMARTS) is 1. The van der Waals surface area contributed by atoms with Crippen molar-refractivity contribution in [3.05, 3.63) is 54.1 Å². The Hall–Kier alpha value is -2.95. The van der Waals surface area contributed by atoms with Crippen LogP contribution in [0.15, 0.2) is 53.5 Å². The number of hydrogen-bond acceptors (Lipinski definition) is 7. The van der Waals surface area contributed by atoms with E-state index in [1.807, 2.05) is 0 Å². The van der Waals surface area contributed by atoms with Crippen molar-refractivity contribution < 1.29 is 31.7 Å². The van der Waals surface area contributed by atoms with Crippen LogP contribution in [0.1, 0.15) is 17.3 Å². The third-order valence-corrected chi connectivity index (χ3v) is 5.46. The minimum absolute atomic E-state index is 0.00438. The molecule has 1 unspecified atom stereocenters. The molecule has 150 valence electrons. The van der Waals surface area contributed by atoms with Crippen molar-refractivity contribution >= 4 is 48.1 Å². The molecule has 1 amide bonds. The monoisotopic (exact) mass is 454 g/mol. The number of aromatic carboxylic acids is 1. The van der Waals surface area contributed by atoms with Gasteiger partial charge in [-0.1, -0.05) is 6.07 Å². The molecule has 0 spiro atoms. The van der Waals surface area contributed by atoms with E-state index in [1.54, 1.807) is 12.1 Å². The number of carboxylic acids is 1. The largest absolute Gasteiger partial charge is 0.478 e. The zero-order valence-electron chi connectivity index (χ0n) is 14.6. The van der Waals surface area contributed by atoms with Crippen LogP contribution in [0.5, 0.6) is 0 Å². The maximum atomic E-state index is 11.2. The number of benzene rings is 2. The van der Waals surface area contributed by atoms with Gasteiger partial charge in [-0.05, 0) is 18.2 Å². The summed E-state index contributed by atoms with van der Waals surface area (Å²) in [4.78, 5) is 25.1. The Bertz CT molecular complexity index is 887. The summed E-state index contributed by atoms with van der Waals surface area (Å²) in [5.41, 5.74) is 3.47. The second-order valence-electron chi connectivity index (χ2n) is 5.11. The standard InChI is InChI=1S/C8H10AsNO5.C8H9N3O2/c1-6(11)10-8-4-2-7(3-5-8)9(12,13)15-14;9-11-5-10-7-3-1-2-6(4-7)8(12)13/h2-5,14H,1H3,(H,10,11)(H,12,13);1-5H,9H2,(H,10,11)(H,12,13).